The maximum Gasteiger partial charge on any atom is 0.214 e. The number of hydrogen-bond acceptors (Lipinski definition) is 3. The molecular weight excluding hydrogens is 348 g/mol. The topological polar surface area (TPSA) is 73.8 Å². The Morgan fingerprint density at radius 1 is 1.23 bits per heavy atom. The molecule has 1 aromatic carbocycles. The molecule has 0 spiro atoms. The third-order valence-corrected chi connectivity index (χ3v) is 6.78. The monoisotopic (exact) mass is 380 g/mol. The minimum atomic E-state index is -3.08. The van der Waals surface area contributed by atoms with Crippen molar-refractivity contribution in [3.63, 3.8) is 0 Å². The van der Waals surface area contributed by atoms with E-state index in [1.165, 1.54) is 11.1 Å². The summed E-state index contributed by atoms with van der Waals surface area (Å²) in [6.45, 7) is 5.97. The first-order valence-corrected chi connectivity index (χ1v) is 11.1. The van der Waals surface area contributed by atoms with Crippen LogP contribution in [0.4, 0.5) is 0 Å². The number of hydrogen-bond donors (Lipinski definition) is 2. The third kappa shape index (κ3) is 6.29. The Bertz CT molecular complexity index is 678. The quantitative estimate of drug-likeness (QED) is 0.560. The van der Waals surface area contributed by atoms with Crippen molar-refractivity contribution in [3.8, 4) is 0 Å². The van der Waals surface area contributed by atoms with E-state index in [-0.39, 0.29) is 11.8 Å². The van der Waals surface area contributed by atoms with Crippen LogP contribution in [0.5, 0.6) is 0 Å². The molecule has 6 nitrogen and oxygen atoms in total. The van der Waals surface area contributed by atoms with Gasteiger partial charge < -0.3 is 10.6 Å². The Labute approximate surface area is 158 Å². The van der Waals surface area contributed by atoms with Crippen molar-refractivity contribution in [2.75, 3.05) is 32.4 Å². The number of guanidine groups is 1. The second-order valence-electron chi connectivity index (χ2n) is 6.87. The standard InChI is InChI=1S/C19H32N4O2S/c1-4-15-26(24,25)23-13-10-18(11-14-23)22-19(20-3)21-12-9-17-7-5-16(2)6-8-17/h5-8,18H,4,9-15H2,1-3H3,(H2,20,21,22). The van der Waals surface area contributed by atoms with Crippen molar-refractivity contribution in [2.24, 2.45) is 4.99 Å². The predicted octanol–water partition coefficient (Wildman–Crippen LogP) is 1.91. The molecule has 1 fully saturated rings. The van der Waals surface area contributed by atoms with Gasteiger partial charge in [-0.05, 0) is 38.2 Å². The molecule has 0 amide bonds. The van der Waals surface area contributed by atoms with Crippen LogP contribution in [0, 0.1) is 6.92 Å². The SMILES string of the molecule is CCCS(=O)(=O)N1CCC(NC(=NC)NCCc2ccc(C)cc2)CC1. The van der Waals surface area contributed by atoms with E-state index in [1.807, 2.05) is 6.92 Å². The molecule has 0 atom stereocenters. The minimum absolute atomic E-state index is 0.243. The van der Waals surface area contributed by atoms with E-state index in [0.717, 1.165) is 31.8 Å². The zero-order chi connectivity index (χ0) is 19.0. The van der Waals surface area contributed by atoms with Crippen LogP contribution in [0.2, 0.25) is 0 Å². The summed E-state index contributed by atoms with van der Waals surface area (Å²) < 4.78 is 25.9. The van der Waals surface area contributed by atoms with Gasteiger partial charge in [-0.15, -0.1) is 0 Å². The van der Waals surface area contributed by atoms with E-state index < -0.39 is 10.0 Å². The van der Waals surface area contributed by atoms with E-state index >= 15 is 0 Å². The Morgan fingerprint density at radius 3 is 2.46 bits per heavy atom. The average Bonchev–Trinajstić information content (AvgIpc) is 2.63. The lowest BCUT2D eigenvalue weighted by molar-refractivity contribution is 0.306. The van der Waals surface area contributed by atoms with Gasteiger partial charge in [0.05, 0.1) is 5.75 Å². The number of aliphatic imine (C=N–C) groups is 1. The van der Waals surface area contributed by atoms with Crippen LogP contribution < -0.4 is 10.6 Å². The van der Waals surface area contributed by atoms with Gasteiger partial charge in [-0.1, -0.05) is 36.8 Å². The van der Waals surface area contributed by atoms with Crippen molar-refractivity contribution >= 4 is 16.0 Å². The largest absolute Gasteiger partial charge is 0.356 e. The van der Waals surface area contributed by atoms with Crippen molar-refractivity contribution in [1.82, 2.24) is 14.9 Å². The molecule has 1 aliphatic heterocycles. The Hall–Kier alpha value is -1.60. The number of nitrogens with zero attached hydrogens (tertiary/aromatic N) is 2. The molecule has 2 N–H and O–H groups in total. The normalized spacial score (nSPS) is 17.3. The lowest BCUT2D eigenvalue weighted by Crippen LogP contribution is -2.50. The highest BCUT2D eigenvalue weighted by Crippen LogP contribution is 2.15. The molecule has 0 unspecified atom stereocenters. The van der Waals surface area contributed by atoms with Crippen LogP contribution in [0.3, 0.4) is 0 Å². The molecule has 0 aliphatic carbocycles. The van der Waals surface area contributed by atoms with Gasteiger partial charge in [0.2, 0.25) is 10.0 Å². The maximum absolute atomic E-state index is 12.1. The Morgan fingerprint density at radius 2 is 1.88 bits per heavy atom. The summed E-state index contributed by atoms with van der Waals surface area (Å²) in [5, 5.41) is 6.77. The molecule has 1 saturated heterocycles. The van der Waals surface area contributed by atoms with Gasteiger partial charge in [0.15, 0.2) is 5.96 Å². The lowest BCUT2D eigenvalue weighted by atomic mass is 10.1. The summed E-state index contributed by atoms with van der Waals surface area (Å²) in [6.07, 6.45) is 3.22. The fourth-order valence-corrected chi connectivity index (χ4v) is 4.67. The van der Waals surface area contributed by atoms with Crippen LogP contribution >= 0.6 is 0 Å². The van der Waals surface area contributed by atoms with E-state index in [1.54, 1.807) is 11.4 Å². The van der Waals surface area contributed by atoms with Crippen LogP contribution in [0.25, 0.3) is 0 Å². The highest BCUT2D eigenvalue weighted by molar-refractivity contribution is 7.89. The maximum atomic E-state index is 12.1. The smallest absolute Gasteiger partial charge is 0.214 e. The lowest BCUT2D eigenvalue weighted by Gasteiger charge is -2.32. The first-order valence-electron chi connectivity index (χ1n) is 9.45. The van der Waals surface area contributed by atoms with Crippen LogP contribution in [0.1, 0.15) is 37.3 Å². The predicted molar refractivity (Wildman–Crippen MR) is 108 cm³/mol. The molecule has 7 heteroatoms. The second kappa shape index (κ2) is 9.92. The zero-order valence-electron chi connectivity index (χ0n) is 16.2. The molecule has 26 heavy (non-hydrogen) atoms. The molecule has 0 bridgehead atoms. The molecule has 1 aliphatic rings. The third-order valence-electron chi connectivity index (χ3n) is 4.70. The van der Waals surface area contributed by atoms with Gasteiger partial charge in [0, 0.05) is 32.7 Å². The van der Waals surface area contributed by atoms with E-state index in [2.05, 4.69) is 46.8 Å². The van der Waals surface area contributed by atoms with Gasteiger partial charge in [-0.3, -0.25) is 4.99 Å². The minimum Gasteiger partial charge on any atom is -0.356 e. The number of aryl methyl sites for hydroxylation is 1. The average molecular weight is 381 g/mol. The molecule has 1 heterocycles. The molecule has 2 rings (SSSR count). The fourth-order valence-electron chi connectivity index (χ4n) is 3.13. The summed E-state index contributed by atoms with van der Waals surface area (Å²) in [7, 11) is -1.31. The number of sulfonamides is 1. The van der Waals surface area contributed by atoms with Crippen LogP contribution in [-0.4, -0.2) is 57.2 Å². The summed E-state index contributed by atoms with van der Waals surface area (Å²) in [6, 6.07) is 8.82. The van der Waals surface area contributed by atoms with Crippen molar-refractivity contribution < 1.29 is 8.42 Å². The summed E-state index contributed by atoms with van der Waals surface area (Å²) in [5.41, 5.74) is 2.57. The molecular formula is C19H32N4O2S. The van der Waals surface area contributed by atoms with Crippen molar-refractivity contribution in [2.45, 2.75) is 45.6 Å². The molecule has 146 valence electrons. The highest BCUT2D eigenvalue weighted by Gasteiger charge is 2.27. The number of piperidine rings is 1. The first kappa shape index (κ1) is 20.7. The molecule has 1 aromatic rings. The molecule has 0 aromatic heterocycles. The summed E-state index contributed by atoms with van der Waals surface area (Å²) >= 11 is 0. The Balaban J connectivity index is 1.74. The van der Waals surface area contributed by atoms with Gasteiger partial charge in [-0.25, -0.2) is 12.7 Å². The summed E-state index contributed by atoms with van der Waals surface area (Å²) in [4.78, 5) is 4.29. The van der Waals surface area contributed by atoms with Crippen LogP contribution in [-0.2, 0) is 16.4 Å². The van der Waals surface area contributed by atoms with Crippen molar-refractivity contribution in [1.29, 1.82) is 0 Å². The van der Waals surface area contributed by atoms with E-state index in [4.69, 9.17) is 0 Å². The van der Waals surface area contributed by atoms with E-state index in [9.17, 15) is 8.42 Å². The van der Waals surface area contributed by atoms with Gasteiger partial charge in [0.1, 0.15) is 0 Å². The van der Waals surface area contributed by atoms with Gasteiger partial charge in [-0.2, -0.15) is 0 Å². The number of benzene rings is 1. The van der Waals surface area contributed by atoms with E-state index in [0.29, 0.717) is 19.5 Å². The second-order valence-corrected chi connectivity index (χ2v) is 8.96. The number of nitrogens with one attached hydrogen (secondary N) is 2. The number of rotatable bonds is 7. The van der Waals surface area contributed by atoms with Gasteiger partial charge >= 0.3 is 0 Å². The first-order chi connectivity index (χ1) is 12.4. The zero-order valence-corrected chi connectivity index (χ0v) is 17.0. The highest BCUT2D eigenvalue weighted by atomic mass is 32.2. The molecule has 0 radical (unpaired) electrons. The summed E-state index contributed by atoms with van der Waals surface area (Å²) in [5.74, 6) is 1.03. The van der Waals surface area contributed by atoms with Crippen LogP contribution in [0.15, 0.2) is 29.3 Å². The Kier molecular flexibility index (Phi) is 7.90. The fraction of sp³-hybridized carbons (Fsp3) is 0.632. The van der Waals surface area contributed by atoms with Crippen molar-refractivity contribution in [3.05, 3.63) is 35.4 Å². The van der Waals surface area contributed by atoms with Gasteiger partial charge in [0.25, 0.3) is 0 Å². The molecule has 0 saturated carbocycles.